The Morgan fingerprint density at radius 1 is 0.906 bits per heavy atom. The Morgan fingerprint density at radius 3 is 2.25 bits per heavy atom. The predicted molar refractivity (Wildman–Crippen MR) is 124 cm³/mol. The topological polar surface area (TPSA) is 51.1 Å². The van der Waals surface area contributed by atoms with E-state index < -0.39 is 15.8 Å². The molecule has 0 radical (unpaired) electrons. The minimum atomic E-state index is -3.92. The molecule has 1 atom stereocenters. The Kier molecular flexibility index (Phi) is 5.19. The summed E-state index contributed by atoms with van der Waals surface area (Å²) in [5.74, 6) is -0.433. The van der Waals surface area contributed by atoms with E-state index >= 15 is 0 Å². The van der Waals surface area contributed by atoms with Gasteiger partial charge < -0.3 is 5.32 Å². The van der Waals surface area contributed by atoms with Gasteiger partial charge in [0.05, 0.1) is 10.6 Å². The second-order valence-electron chi connectivity index (χ2n) is 7.96. The summed E-state index contributed by atoms with van der Waals surface area (Å²) in [6.45, 7) is 0. The van der Waals surface area contributed by atoms with Gasteiger partial charge in [-0.3, -0.25) is 0 Å². The molecule has 4 nitrogen and oxygen atoms in total. The highest BCUT2D eigenvalue weighted by atomic mass is 32.2. The molecule has 162 valence electrons. The van der Waals surface area contributed by atoms with Gasteiger partial charge >= 0.3 is 0 Å². The maximum atomic E-state index is 14.8. The second-order valence-corrected chi connectivity index (χ2v) is 9.78. The molecule has 1 aliphatic carbocycles. The molecular weight excluding hydrogens is 423 g/mol. The SMILES string of the molecule is CNC1CCc2c1cn(S(=O)(=O)c1ccc(-c3ccccc3)cc1)c2-c1ccccc1F. The van der Waals surface area contributed by atoms with Crippen molar-refractivity contribution in [3.63, 3.8) is 0 Å². The number of nitrogens with zero attached hydrogens (tertiary/aromatic N) is 1. The van der Waals surface area contributed by atoms with E-state index in [1.54, 1.807) is 48.7 Å². The molecule has 0 saturated heterocycles. The quantitative estimate of drug-likeness (QED) is 0.446. The number of halogens is 1. The van der Waals surface area contributed by atoms with Gasteiger partial charge in [0.1, 0.15) is 5.82 Å². The highest BCUT2D eigenvalue weighted by molar-refractivity contribution is 7.90. The molecular formula is C26H23FN2O2S. The van der Waals surface area contributed by atoms with Crippen molar-refractivity contribution in [3.05, 3.63) is 102 Å². The zero-order valence-electron chi connectivity index (χ0n) is 17.6. The van der Waals surface area contributed by atoms with Crippen molar-refractivity contribution >= 4 is 10.0 Å². The van der Waals surface area contributed by atoms with Crippen molar-refractivity contribution < 1.29 is 12.8 Å². The van der Waals surface area contributed by atoms with Crippen LogP contribution in [0.15, 0.2) is 90.0 Å². The molecule has 3 aromatic carbocycles. The molecule has 5 rings (SSSR count). The fraction of sp³-hybridized carbons (Fsp3) is 0.154. The first-order chi connectivity index (χ1) is 15.5. The van der Waals surface area contributed by atoms with Crippen molar-refractivity contribution in [1.82, 2.24) is 9.29 Å². The number of benzene rings is 3. The Labute approximate surface area is 187 Å². The van der Waals surface area contributed by atoms with Gasteiger partial charge in [-0.2, -0.15) is 0 Å². The Balaban J connectivity index is 1.65. The molecule has 0 spiro atoms. The van der Waals surface area contributed by atoms with Gasteiger partial charge in [0.15, 0.2) is 0 Å². The Morgan fingerprint density at radius 2 is 1.56 bits per heavy atom. The summed E-state index contributed by atoms with van der Waals surface area (Å²) >= 11 is 0. The van der Waals surface area contributed by atoms with Gasteiger partial charge in [0.25, 0.3) is 10.0 Å². The van der Waals surface area contributed by atoms with Crippen LogP contribution < -0.4 is 5.32 Å². The summed E-state index contributed by atoms with van der Waals surface area (Å²) in [5.41, 5.74) is 4.47. The van der Waals surface area contributed by atoms with Crippen LogP contribution in [-0.2, 0) is 16.4 Å². The minimum absolute atomic E-state index is 0.0485. The highest BCUT2D eigenvalue weighted by Crippen LogP contribution is 2.41. The molecule has 1 aliphatic rings. The molecule has 0 saturated carbocycles. The first-order valence-corrected chi connectivity index (χ1v) is 12.0. The van der Waals surface area contributed by atoms with Crippen LogP contribution in [0.2, 0.25) is 0 Å². The van der Waals surface area contributed by atoms with Crippen LogP contribution in [0.25, 0.3) is 22.4 Å². The summed E-state index contributed by atoms with van der Waals surface area (Å²) < 4.78 is 43.5. The summed E-state index contributed by atoms with van der Waals surface area (Å²) in [4.78, 5) is 0.171. The fourth-order valence-electron chi connectivity index (χ4n) is 4.53. The molecule has 32 heavy (non-hydrogen) atoms. The van der Waals surface area contributed by atoms with E-state index in [1.807, 2.05) is 37.4 Å². The van der Waals surface area contributed by atoms with Crippen LogP contribution in [-0.4, -0.2) is 19.4 Å². The van der Waals surface area contributed by atoms with E-state index in [9.17, 15) is 12.8 Å². The lowest BCUT2D eigenvalue weighted by Gasteiger charge is -2.14. The number of aromatic nitrogens is 1. The number of rotatable bonds is 5. The summed E-state index contributed by atoms with van der Waals surface area (Å²) in [7, 11) is -2.06. The highest BCUT2D eigenvalue weighted by Gasteiger charge is 2.33. The van der Waals surface area contributed by atoms with Gasteiger partial charge in [0, 0.05) is 17.8 Å². The molecule has 1 heterocycles. The first kappa shape index (κ1) is 20.7. The number of hydrogen-bond donors (Lipinski definition) is 1. The van der Waals surface area contributed by atoms with Crippen LogP contribution in [0, 0.1) is 5.82 Å². The van der Waals surface area contributed by atoms with Crippen LogP contribution in [0.3, 0.4) is 0 Å². The van der Waals surface area contributed by atoms with E-state index in [4.69, 9.17) is 0 Å². The maximum Gasteiger partial charge on any atom is 0.268 e. The normalized spacial score (nSPS) is 15.6. The van der Waals surface area contributed by atoms with Crippen molar-refractivity contribution in [2.45, 2.75) is 23.8 Å². The molecule has 1 unspecified atom stereocenters. The molecule has 0 aliphatic heterocycles. The fourth-order valence-corrected chi connectivity index (χ4v) is 5.94. The summed E-state index contributed by atoms with van der Waals surface area (Å²) in [6.07, 6.45) is 3.21. The molecule has 6 heteroatoms. The average Bonchev–Trinajstić information content (AvgIpc) is 3.40. The largest absolute Gasteiger partial charge is 0.313 e. The Bertz CT molecular complexity index is 1380. The van der Waals surface area contributed by atoms with Crippen molar-refractivity contribution in [3.8, 4) is 22.4 Å². The first-order valence-electron chi connectivity index (χ1n) is 10.6. The average molecular weight is 447 g/mol. The zero-order valence-corrected chi connectivity index (χ0v) is 18.4. The van der Waals surface area contributed by atoms with Gasteiger partial charge in [0.2, 0.25) is 0 Å². The van der Waals surface area contributed by atoms with E-state index in [2.05, 4.69) is 5.32 Å². The summed E-state index contributed by atoms with van der Waals surface area (Å²) in [6, 6.07) is 23.0. The smallest absolute Gasteiger partial charge is 0.268 e. The third kappa shape index (κ3) is 3.36. The maximum absolute atomic E-state index is 14.8. The molecule has 0 fully saturated rings. The Hall–Kier alpha value is -3.22. The number of nitrogens with one attached hydrogen (secondary N) is 1. The molecule has 1 aromatic heterocycles. The lowest BCUT2D eigenvalue weighted by molar-refractivity contribution is 0.578. The van der Waals surface area contributed by atoms with E-state index in [0.29, 0.717) is 17.7 Å². The van der Waals surface area contributed by atoms with Gasteiger partial charge in [-0.1, -0.05) is 54.6 Å². The lowest BCUT2D eigenvalue weighted by Crippen LogP contribution is -2.16. The van der Waals surface area contributed by atoms with Crippen LogP contribution in [0.1, 0.15) is 23.6 Å². The number of hydrogen-bond acceptors (Lipinski definition) is 3. The lowest BCUT2D eigenvalue weighted by atomic mass is 10.1. The molecule has 0 bridgehead atoms. The van der Waals surface area contributed by atoms with Gasteiger partial charge in [-0.25, -0.2) is 16.8 Å². The molecule has 0 amide bonds. The summed E-state index contributed by atoms with van der Waals surface area (Å²) in [5, 5.41) is 3.24. The monoisotopic (exact) mass is 446 g/mol. The van der Waals surface area contributed by atoms with Crippen LogP contribution in [0.4, 0.5) is 4.39 Å². The third-order valence-electron chi connectivity index (χ3n) is 6.17. The standard InChI is InChI=1S/C26H23FN2O2S/c1-28-25-16-15-21-23(25)17-29(26(21)22-9-5-6-10-24(22)27)32(30,31)20-13-11-19(12-14-20)18-7-3-2-4-8-18/h2-14,17,25,28H,15-16H2,1H3. The van der Waals surface area contributed by atoms with Crippen molar-refractivity contribution in [2.75, 3.05) is 7.05 Å². The number of fused-ring (bicyclic) bond motifs is 1. The van der Waals surface area contributed by atoms with E-state index in [0.717, 1.165) is 28.7 Å². The van der Waals surface area contributed by atoms with Gasteiger partial charge in [-0.05, 0) is 66.4 Å². The third-order valence-corrected chi connectivity index (χ3v) is 7.84. The van der Waals surface area contributed by atoms with Crippen molar-refractivity contribution in [2.24, 2.45) is 0 Å². The van der Waals surface area contributed by atoms with E-state index in [1.165, 1.54) is 10.0 Å². The second kappa shape index (κ2) is 8.04. The minimum Gasteiger partial charge on any atom is -0.313 e. The zero-order chi connectivity index (χ0) is 22.3. The molecule has 4 aromatic rings. The van der Waals surface area contributed by atoms with Gasteiger partial charge in [-0.15, -0.1) is 0 Å². The van der Waals surface area contributed by atoms with Crippen LogP contribution >= 0.6 is 0 Å². The van der Waals surface area contributed by atoms with Crippen molar-refractivity contribution in [1.29, 1.82) is 0 Å². The van der Waals surface area contributed by atoms with E-state index in [-0.39, 0.29) is 10.9 Å². The van der Waals surface area contributed by atoms with Crippen LogP contribution in [0.5, 0.6) is 0 Å². The molecule has 1 N–H and O–H groups in total. The predicted octanol–water partition coefficient (Wildman–Crippen LogP) is 5.40.